The van der Waals surface area contributed by atoms with Crippen LogP contribution >= 0.6 is 11.6 Å². The van der Waals surface area contributed by atoms with Crippen molar-refractivity contribution < 1.29 is 8.78 Å². The average molecular weight is 297 g/mol. The summed E-state index contributed by atoms with van der Waals surface area (Å²) in [5, 5.41) is 2.69. The van der Waals surface area contributed by atoms with Gasteiger partial charge in [0.15, 0.2) is 5.82 Å². The van der Waals surface area contributed by atoms with Gasteiger partial charge in [-0.2, -0.15) is 0 Å². The Morgan fingerprint density at radius 2 is 1.85 bits per heavy atom. The molecule has 0 heterocycles. The Kier molecular flexibility index (Phi) is 4.49. The van der Waals surface area contributed by atoms with Gasteiger partial charge in [0.25, 0.3) is 0 Å². The van der Waals surface area contributed by atoms with Crippen molar-refractivity contribution in [2.75, 3.05) is 5.32 Å². The summed E-state index contributed by atoms with van der Waals surface area (Å²) in [4.78, 5) is 3.91. The Morgan fingerprint density at radius 1 is 1.15 bits per heavy atom. The number of halogens is 3. The predicted octanol–water partition coefficient (Wildman–Crippen LogP) is 3.18. The second kappa shape index (κ2) is 6.31. The molecule has 0 atom stereocenters. The first-order chi connectivity index (χ1) is 9.60. The standard InChI is InChI=1S/C13H11ClF2N4/c14-10-6-8(15)7-11(16)12(10)19-13(20-17)18-9-4-2-1-3-5-9/h1-7H,17H2,(H2,18,19,20). The van der Waals surface area contributed by atoms with Crippen LogP contribution in [0.1, 0.15) is 0 Å². The van der Waals surface area contributed by atoms with Gasteiger partial charge in [0, 0.05) is 11.8 Å². The van der Waals surface area contributed by atoms with Crippen molar-refractivity contribution in [2.24, 2.45) is 10.8 Å². The van der Waals surface area contributed by atoms with Crippen LogP contribution in [0.4, 0.5) is 20.2 Å². The second-order valence-corrected chi connectivity index (χ2v) is 4.22. The fraction of sp³-hybridized carbons (Fsp3) is 0. The Bertz CT molecular complexity index is 609. The predicted molar refractivity (Wildman–Crippen MR) is 75.9 cm³/mol. The molecule has 0 aliphatic rings. The lowest BCUT2D eigenvalue weighted by Crippen LogP contribution is -2.36. The molecule has 0 aromatic heterocycles. The summed E-state index contributed by atoms with van der Waals surface area (Å²) in [5.41, 5.74) is 2.78. The number of nitrogens with two attached hydrogens (primary N) is 1. The van der Waals surface area contributed by atoms with Gasteiger partial charge in [-0.15, -0.1) is 0 Å². The van der Waals surface area contributed by atoms with Crippen molar-refractivity contribution in [2.45, 2.75) is 0 Å². The highest BCUT2D eigenvalue weighted by Crippen LogP contribution is 2.29. The lowest BCUT2D eigenvalue weighted by Gasteiger charge is -2.09. The van der Waals surface area contributed by atoms with E-state index in [1.165, 1.54) is 0 Å². The summed E-state index contributed by atoms with van der Waals surface area (Å²) < 4.78 is 26.6. The topological polar surface area (TPSA) is 62.4 Å². The van der Waals surface area contributed by atoms with E-state index in [1.54, 1.807) is 12.1 Å². The van der Waals surface area contributed by atoms with Crippen molar-refractivity contribution in [1.82, 2.24) is 5.43 Å². The Hall–Kier alpha value is -2.18. The fourth-order valence-electron chi connectivity index (χ4n) is 1.51. The van der Waals surface area contributed by atoms with Crippen molar-refractivity contribution in [3.8, 4) is 0 Å². The summed E-state index contributed by atoms with van der Waals surface area (Å²) in [7, 11) is 0. The highest BCUT2D eigenvalue weighted by Gasteiger charge is 2.10. The Labute approximate surface area is 119 Å². The molecule has 2 aromatic rings. The van der Waals surface area contributed by atoms with E-state index in [9.17, 15) is 8.78 Å². The number of rotatable bonds is 2. The van der Waals surface area contributed by atoms with E-state index in [4.69, 9.17) is 17.4 Å². The largest absolute Gasteiger partial charge is 0.325 e. The molecule has 2 rings (SSSR count). The fourth-order valence-corrected chi connectivity index (χ4v) is 1.74. The van der Waals surface area contributed by atoms with Crippen LogP contribution in [0.2, 0.25) is 5.02 Å². The minimum atomic E-state index is -0.877. The average Bonchev–Trinajstić information content (AvgIpc) is 2.42. The van der Waals surface area contributed by atoms with E-state index in [0.717, 1.165) is 6.07 Å². The van der Waals surface area contributed by atoms with E-state index in [1.807, 2.05) is 18.2 Å². The smallest absolute Gasteiger partial charge is 0.215 e. The SMILES string of the molecule is NNC(=Nc1c(F)cc(F)cc1Cl)Nc1ccccc1. The molecule has 4 nitrogen and oxygen atoms in total. The van der Waals surface area contributed by atoms with E-state index in [-0.39, 0.29) is 16.7 Å². The highest BCUT2D eigenvalue weighted by atomic mass is 35.5. The van der Waals surface area contributed by atoms with Gasteiger partial charge in [0.2, 0.25) is 5.96 Å². The van der Waals surface area contributed by atoms with Crippen LogP contribution in [0.15, 0.2) is 47.5 Å². The third-order valence-corrected chi connectivity index (χ3v) is 2.67. The molecule has 0 saturated carbocycles. The second-order valence-electron chi connectivity index (χ2n) is 3.81. The molecule has 0 spiro atoms. The highest BCUT2D eigenvalue weighted by molar-refractivity contribution is 6.33. The number of benzene rings is 2. The monoisotopic (exact) mass is 296 g/mol. The molecular weight excluding hydrogens is 286 g/mol. The van der Waals surface area contributed by atoms with E-state index < -0.39 is 11.6 Å². The van der Waals surface area contributed by atoms with Gasteiger partial charge in [-0.05, 0) is 18.2 Å². The van der Waals surface area contributed by atoms with Crippen molar-refractivity contribution in [1.29, 1.82) is 0 Å². The summed E-state index contributed by atoms with van der Waals surface area (Å²) in [6, 6.07) is 10.7. The third kappa shape index (κ3) is 3.43. The third-order valence-electron chi connectivity index (χ3n) is 2.38. The van der Waals surface area contributed by atoms with E-state index in [2.05, 4.69) is 15.7 Å². The number of guanidine groups is 1. The van der Waals surface area contributed by atoms with Crippen LogP contribution in [0.25, 0.3) is 0 Å². The molecular formula is C13H11ClF2N4. The van der Waals surface area contributed by atoms with Gasteiger partial charge in [0.1, 0.15) is 11.5 Å². The zero-order chi connectivity index (χ0) is 14.5. The van der Waals surface area contributed by atoms with Crippen LogP contribution in [0, 0.1) is 11.6 Å². The molecule has 104 valence electrons. The quantitative estimate of drug-likeness (QED) is 0.345. The molecule has 7 heteroatoms. The van der Waals surface area contributed by atoms with Crippen molar-refractivity contribution >= 4 is 28.9 Å². The van der Waals surface area contributed by atoms with Gasteiger partial charge in [-0.3, -0.25) is 5.43 Å². The van der Waals surface area contributed by atoms with Crippen molar-refractivity contribution in [3.63, 3.8) is 0 Å². The van der Waals surface area contributed by atoms with Crippen molar-refractivity contribution in [3.05, 3.63) is 59.1 Å². The summed E-state index contributed by atoms with van der Waals surface area (Å²) in [6.45, 7) is 0. The number of aliphatic imine (C=N–C) groups is 1. The van der Waals surface area contributed by atoms with Crippen LogP contribution < -0.4 is 16.6 Å². The van der Waals surface area contributed by atoms with Crippen LogP contribution in [-0.2, 0) is 0 Å². The summed E-state index contributed by atoms with van der Waals surface area (Å²) in [5.74, 6) is 3.74. The maximum atomic E-state index is 13.6. The van der Waals surface area contributed by atoms with Gasteiger partial charge in [-0.1, -0.05) is 29.8 Å². The molecule has 0 radical (unpaired) electrons. The Balaban J connectivity index is 2.32. The first-order valence-corrected chi connectivity index (χ1v) is 6.00. The van der Waals surface area contributed by atoms with Crippen LogP contribution in [0.3, 0.4) is 0 Å². The molecule has 4 N–H and O–H groups in total. The first kappa shape index (κ1) is 14.2. The van der Waals surface area contributed by atoms with Crippen LogP contribution in [0.5, 0.6) is 0 Å². The molecule has 0 saturated heterocycles. The number of hydrogen-bond acceptors (Lipinski definition) is 2. The van der Waals surface area contributed by atoms with Gasteiger partial charge in [0.05, 0.1) is 5.02 Å². The Morgan fingerprint density at radius 3 is 2.45 bits per heavy atom. The molecule has 0 aliphatic heterocycles. The first-order valence-electron chi connectivity index (χ1n) is 5.62. The maximum absolute atomic E-state index is 13.6. The maximum Gasteiger partial charge on any atom is 0.215 e. The van der Waals surface area contributed by atoms with Gasteiger partial charge >= 0.3 is 0 Å². The number of hydrazine groups is 1. The zero-order valence-corrected chi connectivity index (χ0v) is 11.0. The summed E-state index contributed by atoms with van der Waals surface area (Å²) in [6.07, 6.45) is 0. The molecule has 0 aliphatic carbocycles. The summed E-state index contributed by atoms with van der Waals surface area (Å²) >= 11 is 5.76. The lowest BCUT2D eigenvalue weighted by atomic mass is 10.3. The molecule has 0 bridgehead atoms. The molecule has 2 aromatic carbocycles. The normalized spacial score (nSPS) is 11.3. The number of anilines is 1. The van der Waals surface area contributed by atoms with E-state index >= 15 is 0 Å². The van der Waals surface area contributed by atoms with Gasteiger partial charge < -0.3 is 5.32 Å². The number of para-hydroxylation sites is 1. The van der Waals surface area contributed by atoms with Crippen LogP contribution in [-0.4, -0.2) is 5.96 Å². The number of hydrogen-bond donors (Lipinski definition) is 3. The number of nitrogens with one attached hydrogen (secondary N) is 2. The molecule has 0 fully saturated rings. The van der Waals surface area contributed by atoms with Gasteiger partial charge in [-0.25, -0.2) is 19.6 Å². The zero-order valence-electron chi connectivity index (χ0n) is 10.2. The lowest BCUT2D eigenvalue weighted by molar-refractivity contribution is 0.585. The number of nitrogens with zero attached hydrogens (tertiary/aromatic N) is 1. The van der Waals surface area contributed by atoms with E-state index in [0.29, 0.717) is 11.8 Å². The molecule has 20 heavy (non-hydrogen) atoms. The minimum Gasteiger partial charge on any atom is -0.325 e. The molecule has 0 amide bonds. The molecule has 0 unspecified atom stereocenters. The minimum absolute atomic E-state index is 0.0728.